The molecular weight excluding hydrogens is 278 g/mol. The Morgan fingerprint density at radius 3 is 2.73 bits per heavy atom. The zero-order valence-corrected chi connectivity index (χ0v) is 12.8. The molecule has 0 bridgehead atoms. The van der Waals surface area contributed by atoms with Gasteiger partial charge >= 0.3 is 0 Å². The minimum absolute atomic E-state index is 0.0338. The van der Waals surface area contributed by atoms with Crippen molar-refractivity contribution < 1.29 is 14.3 Å². The van der Waals surface area contributed by atoms with E-state index in [-0.39, 0.29) is 11.8 Å². The molecule has 0 aliphatic carbocycles. The Labute approximate surface area is 130 Å². The molecule has 4 heteroatoms. The van der Waals surface area contributed by atoms with Crippen LogP contribution in [0.2, 0.25) is 0 Å². The molecule has 4 nitrogen and oxygen atoms in total. The van der Waals surface area contributed by atoms with E-state index in [1.807, 2.05) is 49.4 Å². The number of para-hydroxylation sites is 2. The van der Waals surface area contributed by atoms with Gasteiger partial charge in [-0.3, -0.25) is 4.79 Å². The van der Waals surface area contributed by atoms with Crippen LogP contribution in [0.4, 0.5) is 5.69 Å². The molecule has 114 valence electrons. The van der Waals surface area contributed by atoms with Gasteiger partial charge in [0, 0.05) is 5.69 Å². The highest BCUT2D eigenvalue weighted by atomic mass is 16.5. The van der Waals surface area contributed by atoms with E-state index >= 15 is 0 Å². The molecular formula is C18H19NO3. The molecule has 1 N–H and O–H groups in total. The van der Waals surface area contributed by atoms with Crippen LogP contribution in [0.3, 0.4) is 0 Å². The smallest absolute Gasteiger partial charge is 0.232 e. The summed E-state index contributed by atoms with van der Waals surface area (Å²) in [5.74, 6) is 1.27. The van der Waals surface area contributed by atoms with Gasteiger partial charge in [0.2, 0.25) is 5.91 Å². The Morgan fingerprint density at radius 2 is 1.95 bits per heavy atom. The van der Waals surface area contributed by atoms with Crippen molar-refractivity contribution in [2.75, 3.05) is 19.0 Å². The topological polar surface area (TPSA) is 47.6 Å². The summed E-state index contributed by atoms with van der Waals surface area (Å²) < 4.78 is 11.1. The molecule has 3 rings (SSSR count). The average molecular weight is 297 g/mol. The summed E-state index contributed by atoms with van der Waals surface area (Å²) in [7, 11) is 1.62. The van der Waals surface area contributed by atoms with Crippen molar-refractivity contribution in [3.05, 3.63) is 53.6 Å². The Bertz CT molecular complexity index is 696. The second-order valence-corrected chi connectivity index (χ2v) is 5.21. The second-order valence-electron chi connectivity index (χ2n) is 5.21. The summed E-state index contributed by atoms with van der Waals surface area (Å²) in [4.78, 5) is 12.3. The molecule has 0 unspecified atom stereocenters. The van der Waals surface area contributed by atoms with Crippen LogP contribution in [0, 0.1) is 0 Å². The molecule has 2 aromatic rings. The van der Waals surface area contributed by atoms with Crippen molar-refractivity contribution in [1.29, 1.82) is 0 Å². The van der Waals surface area contributed by atoms with E-state index in [4.69, 9.17) is 9.47 Å². The third-order valence-corrected chi connectivity index (χ3v) is 3.90. The first-order chi connectivity index (χ1) is 10.7. The molecule has 2 aromatic carbocycles. The van der Waals surface area contributed by atoms with Gasteiger partial charge in [-0.25, -0.2) is 0 Å². The maximum absolute atomic E-state index is 12.3. The lowest BCUT2D eigenvalue weighted by atomic mass is 9.92. The molecule has 0 fully saturated rings. The lowest BCUT2D eigenvalue weighted by Crippen LogP contribution is -2.15. The largest absolute Gasteiger partial charge is 0.493 e. The molecule has 1 aliphatic heterocycles. The molecule has 22 heavy (non-hydrogen) atoms. The summed E-state index contributed by atoms with van der Waals surface area (Å²) >= 11 is 0. The lowest BCUT2D eigenvalue weighted by Gasteiger charge is -2.16. The first-order valence-electron chi connectivity index (χ1n) is 7.43. The number of amides is 1. The normalized spacial score (nSPS) is 16.1. The maximum atomic E-state index is 12.3. The van der Waals surface area contributed by atoms with Crippen LogP contribution in [-0.4, -0.2) is 19.6 Å². The van der Waals surface area contributed by atoms with Crippen molar-refractivity contribution >= 4 is 11.6 Å². The molecule has 1 heterocycles. The molecule has 0 saturated carbocycles. The molecule has 1 amide bonds. The Balaban J connectivity index is 1.95. The summed E-state index contributed by atoms with van der Waals surface area (Å²) in [6.07, 6.45) is 0.593. The number of benzene rings is 2. The number of methoxy groups -OCH3 is 1. The first-order valence-corrected chi connectivity index (χ1v) is 7.43. The Morgan fingerprint density at radius 1 is 1.14 bits per heavy atom. The van der Waals surface area contributed by atoms with Crippen LogP contribution in [0.5, 0.6) is 11.5 Å². The van der Waals surface area contributed by atoms with Crippen molar-refractivity contribution in [2.24, 2.45) is 0 Å². The van der Waals surface area contributed by atoms with Gasteiger partial charge in [0.25, 0.3) is 0 Å². The highest BCUT2D eigenvalue weighted by molar-refractivity contribution is 6.03. The van der Waals surface area contributed by atoms with Gasteiger partial charge in [0.1, 0.15) is 0 Å². The van der Waals surface area contributed by atoms with Gasteiger partial charge < -0.3 is 14.8 Å². The fourth-order valence-corrected chi connectivity index (χ4v) is 2.89. The minimum atomic E-state index is -0.192. The lowest BCUT2D eigenvalue weighted by molar-refractivity contribution is -0.117. The first kappa shape index (κ1) is 14.4. The zero-order valence-electron chi connectivity index (χ0n) is 12.8. The van der Waals surface area contributed by atoms with Crippen molar-refractivity contribution in [3.8, 4) is 11.5 Å². The number of carbonyl (C=O) groups excluding carboxylic acids is 1. The average Bonchev–Trinajstić information content (AvgIpc) is 2.85. The van der Waals surface area contributed by atoms with Crippen LogP contribution >= 0.6 is 0 Å². The number of carbonyl (C=O) groups is 1. The van der Waals surface area contributed by atoms with E-state index in [1.54, 1.807) is 7.11 Å². The van der Waals surface area contributed by atoms with Crippen molar-refractivity contribution in [3.63, 3.8) is 0 Å². The van der Waals surface area contributed by atoms with E-state index < -0.39 is 0 Å². The third kappa shape index (κ3) is 2.52. The fraction of sp³-hybridized carbons (Fsp3) is 0.278. The molecule has 0 aromatic heterocycles. The summed E-state index contributed by atoms with van der Waals surface area (Å²) in [5, 5.41) is 2.94. The number of anilines is 1. The van der Waals surface area contributed by atoms with Crippen LogP contribution in [0.15, 0.2) is 42.5 Å². The van der Waals surface area contributed by atoms with Gasteiger partial charge in [-0.1, -0.05) is 30.3 Å². The summed E-state index contributed by atoms with van der Waals surface area (Å²) in [6.45, 7) is 2.49. The summed E-state index contributed by atoms with van der Waals surface area (Å²) in [6, 6.07) is 13.6. The SMILES string of the molecule is CCOc1c(C[C@H]2C(=O)Nc3ccccc32)cccc1OC. The Kier molecular flexibility index (Phi) is 4.00. The van der Waals surface area contributed by atoms with Crippen LogP contribution < -0.4 is 14.8 Å². The molecule has 0 saturated heterocycles. The van der Waals surface area contributed by atoms with E-state index in [0.29, 0.717) is 18.8 Å². The number of nitrogens with one attached hydrogen (secondary N) is 1. The van der Waals surface area contributed by atoms with E-state index in [1.165, 1.54) is 0 Å². The van der Waals surface area contributed by atoms with Gasteiger partial charge in [0.15, 0.2) is 11.5 Å². The van der Waals surface area contributed by atoms with Gasteiger partial charge in [-0.15, -0.1) is 0 Å². The second kappa shape index (κ2) is 6.10. The molecule has 0 spiro atoms. The maximum Gasteiger partial charge on any atom is 0.232 e. The monoisotopic (exact) mass is 297 g/mol. The molecule has 0 radical (unpaired) electrons. The minimum Gasteiger partial charge on any atom is -0.493 e. The van der Waals surface area contributed by atoms with Crippen LogP contribution in [-0.2, 0) is 11.2 Å². The van der Waals surface area contributed by atoms with E-state index in [9.17, 15) is 4.79 Å². The highest BCUT2D eigenvalue weighted by Crippen LogP contribution is 2.38. The highest BCUT2D eigenvalue weighted by Gasteiger charge is 2.31. The number of rotatable bonds is 5. The number of fused-ring (bicyclic) bond motifs is 1. The van der Waals surface area contributed by atoms with Crippen molar-refractivity contribution in [2.45, 2.75) is 19.3 Å². The fourth-order valence-electron chi connectivity index (χ4n) is 2.89. The molecule has 1 atom stereocenters. The van der Waals surface area contributed by atoms with Gasteiger partial charge in [0.05, 0.1) is 19.6 Å². The standard InChI is InChI=1S/C18H19NO3/c1-3-22-17-12(7-6-10-16(17)21-2)11-14-13-8-4-5-9-15(13)19-18(14)20/h4-10,14H,3,11H2,1-2H3,(H,19,20)/t14-/m1/s1. The summed E-state index contributed by atoms with van der Waals surface area (Å²) in [5.41, 5.74) is 2.93. The van der Waals surface area contributed by atoms with E-state index in [0.717, 1.165) is 22.6 Å². The number of hydrogen-bond acceptors (Lipinski definition) is 3. The molecule has 1 aliphatic rings. The number of ether oxygens (including phenoxy) is 2. The van der Waals surface area contributed by atoms with Gasteiger partial charge in [-0.2, -0.15) is 0 Å². The zero-order chi connectivity index (χ0) is 15.5. The third-order valence-electron chi connectivity index (χ3n) is 3.90. The number of hydrogen-bond donors (Lipinski definition) is 1. The van der Waals surface area contributed by atoms with E-state index in [2.05, 4.69) is 5.32 Å². The predicted molar refractivity (Wildman–Crippen MR) is 85.7 cm³/mol. The Hall–Kier alpha value is -2.49. The van der Waals surface area contributed by atoms with Crippen LogP contribution in [0.25, 0.3) is 0 Å². The van der Waals surface area contributed by atoms with Gasteiger partial charge in [-0.05, 0) is 36.6 Å². The van der Waals surface area contributed by atoms with Crippen LogP contribution in [0.1, 0.15) is 24.0 Å². The predicted octanol–water partition coefficient (Wildman–Crippen LogP) is 3.37. The quantitative estimate of drug-likeness (QED) is 0.920. The van der Waals surface area contributed by atoms with Crippen molar-refractivity contribution in [1.82, 2.24) is 0 Å².